The van der Waals surface area contributed by atoms with Crippen molar-refractivity contribution < 1.29 is 19.1 Å². The van der Waals surface area contributed by atoms with Crippen LogP contribution >= 0.6 is 0 Å². The molecule has 0 aliphatic heterocycles. The molecule has 0 saturated carbocycles. The zero-order chi connectivity index (χ0) is 20.1. The van der Waals surface area contributed by atoms with Crippen LogP contribution in [0.3, 0.4) is 0 Å². The molecule has 28 heavy (non-hydrogen) atoms. The van der Waals surface area contributed by atoms with Gasteiger partial charge in [0.15, 0.2) is 0 Å². The van der Waals surface area contributed by atoms with Gasteiger partial charge in [0, 0.05) is 37.0 Å². The first kappa shape index (κ1) is 19.0. The van der Waals surface area contributed by atoms with Gasteiger partial charge in [0.25, 0.3) is 5.91 Å². The number of hydrogen-bond acceptors (Lipinski definition) is 4. The standard InChI is InChI=1S/C22H20N2O4/c1-24(2)17-10-8-15(9-11-17)20-13-12-18(28-20)14-19(22(26)27)23-21(25)16-6-4-3-5-7-16/h3-14H,1-2H3,(H,23,25)(H,26,27)/b19-14+. The Kier molecular flexibility index (Phi) is 5.60. The number of benzene rings is 2. The van der Waals surface area contributed by atoms with E-state index in [0.717, 1.165) is 11.3 Å². The first-order valence-corrected chi connectivity index (χ1v) is 8.63. The van der Waals surface area contributed by atoms with E-state index in [0.29, 0.717) is 17.1 Å². The van der Waals surface area contributed by atoms with E-state index in [2.05, 4.69) is 5.32 Å². The Morgan fingerprint density at radius 3 is 2.25 bits per heavy atom. The predicted molar refractivity (Wildman–Crippen MR) is 108 cm³/mol. The minimum absolute atomic E-state index is 0.266. The van der Waals surface area contributed by atoms with Crippen LogP contribution in [0.15, 0.2) is 76.8 Å². The third kappa shape index (κ3) is 4.48. The summed E-state index contributed by atoms with van der Waals surface area (Å²) in [5.41, 5.74) is 2.04. The summed E-state index contributed by atoms with van der Waals surface area (Å²) < 4.78 is 5.73. The molecule has 1 heterocycles. The van der Waals surface area contributed by atoms with E-state index in [-0.39, 0.29) is 5.70 Å². The van der Waals surface area contributed by atoms with Crippen molar-refractivity contribution in [3.05, 3.63) is 83.8 Å². The summed E-state index contributed by atoms with van der Waals surface area (Å²) in [6, 6.07) is 19.6. The molecule has 0 aliphatic carbocycles. The number of aliphatic carboxylic acids is 1. The van der Waals surface area contributed by atoms with Gasteiger partial charge in [0.2, 0.25) is 0 Å². The number of rotatable bonds is 6. The minimum Gasteiger partial charge on any atom is -0.477 e. The average Bonchev–Trinajstić information content (AvgIpc) is 3.16. The topological polar surface area (TPSA) is 82.8 Å². The molecule has 142 valence electrons. The number of carbonyl (C=O) groups is 2. The number of nitrogens with one attached hydrogen (secondary N) is 1. The highest BCUT2D eigenvalue weighted by Gasteiger charge is 2.14. The highest BCUT2D eigenvalue weighted by atomic mass is 16.4. The number of nitrogens with zero attached hydrogens (tertiary/aromatic N) is 1. The Hall–Kier alpha value is -3.80. The lowest BCUT2D eigenvalue weighted by molar-refractivity contribution is -0.132. The van der Waals surface area contributed by atoms with E-state index < -0.39 is 11.9 Å². The highest BCUT2D eigenvalue weighted by Crippen LogP contribution is 2.25. The van der Waals surface area contributed by atoms with Gasteiger partial charge in [-0.05, 0) is 48.5 Å². The molecular formula is C22H20N2O4. The summed E-state index contributed by atoms with van der Waals surface area (Å²) in [4.78, 5) is 25.7. The second-order valence-electron chi connectivity index (χ2n) is 6.33. The maximum atomic E-state index is 12.2. The summed E-state index contributed by atoms with van der Waals surface area (Å²) in [6.45, 7) is 0. The smallest absolute Gasteiger partial charge is 0.352 e. The molecule has 6 nitrogen and oxygen atoms in total. The summed E-state index contributed by atoms with van der Waals surface area (Å²) in [7, 11) is 3.92. The van der Waals surface area contributed by atoms with Crippen molar-refractivity contribution in [1.29, 1.82) is 0 Å². The van der Waals surface area contributed by atoms with Crippen LogP contribution in [0.25, 0.3) is 17.4 Å². The minimum atomic E-state index is -1.25. The number of furan rings is 1. The van der Waals surface area contributed by atoms with Crippen LogP contribution in [-0.4, -0.2) is 31.1 Å². The van der Waals surface area contributed by atoms with E-state index in [4.69, 9.17) is 4.42 Å². The van der Waals surface area contributed by atoms with E-state index >= 15 is 0 Å². The molecule has 0 saturated heterocycles. The second-order valence-corrected chi connectivity index (χ2v) is 6.33. The Labute approximate surface area is 162 Å². The Morgan fingerprint density at radius 1 is 0.964 bits per heavy atom. The van der Waals surface area contributed by atoms with E-state index in [9.17, 15) is 14.7 Å². The van der Waals surface area contributed by atoms with Crippen molar-refractivity contribution in [3.8, 4) is 11.3 Å². The molecule has 1 amide bonds. The first-order chi connectivity index (χ1) is 13.4. The third-order valence-electron chi connectivity index (χ3n) is 4.10. The van der Waals surface area contributed by atoms with Crippen molar-refractivity contribution >= 4 is 23.6 Å². The second kappa shape index (κ2) is 8.26. The molecule has 1 aromatic heterocycles. The van der Waals surface area contributed by atoms with Crippen molar-refractivity contribution in [1.82, 2.24) is 5.32 Å². The quantitative estimate of drug-likeness (QED) is 0.638. The fourth-order valence-electron chi connectivity index (χ4n) is 2.59. The van der Waals surface area contributed by atoms with E-state index in [1.165, 1.54) is 6.08 Å². The van der Waals surface area contributed by atoms with Gasteiger partial charge in [-0.15, -0.1) is 0 Å². The van der Waals surface area contributed by atoms with Crippen molar-refractivity contribution in [2.24, 2.45) is 0 Å². The van der Waals surface area contributed by atoms with Crippen LogP contribution < -0.4 is 10.2 Å². The molecule has 0 aliphatic rings. The molecule has 0 spiro atoms. The van der Waals surface area contributed by atoms with Crippen molar-refractivity contribution in [3.63, 3.8) is 0 Å². The van der Waals surface area contributed by atoms with Gasteiger partial charge in [-0.2, -0.15) is 0 Å². The van der Waals surface area contributed by atoms with Crippen LogP contribution in [0.1, 0.15) is 16.1 Å². The van der Waals surface area contributed by atoms with E-state index in [1.807, 2.05) is 43.3 Å². The van der Waals surface area contributed by atoms with Crippen LogP contribution in [0, 0.1) is 0 Å². The Morgan fingerprint density at radius 2 is 1.64 bits per heavy atom. The highest BCUT2D eigenvalue weighted by molar-refractivity contribution is 6.02. The summed E-state index contributed by atoms with van der Waals surface area (Å²) in [5, 5.41) is 11.8. The molecule has 2 N–H and O–H groups in total. The number of anilines is 1. The molecule has 3 aromatic rings. The molecule has 6 heteroatoms. The van der Waals surface area contributed by atoms with Gasteiger partial charge < -0.3 is 19.7 Å². The fourth-order valence-corrected chi connectivity index (χ4v) is 2.59. The summed E-state index contributed by atoms with van der Waals surface area (Å²) in [5.74, 6) is -0.814. The van der Waals surface area contributed by atoms with Gasteiger partial charge in [-0.25, -0.2) is 4.79 Å². The SMILES string of the molecule is CN(C)c1ccc(-c2ccc(/C=C(/NC(=O)c3ccccc3)C(=O)O)o2)cc1. The Balaban J connectivity index is 1.80. The largest absolute Gasteiger partial charge is 0.477 e. The zero-order valence-corrected chi connectivity index (χ0v) is 15.5. The number of carbonyl (C=O) groups excluding carboxylic acids is 1. The summed E-state index contributed by atoms with van der Waals surface area (Å²) in [6.07, 6.45) is 1.29. The normalized spacial score (nSPS) is 11.1. The van der Waals surface area contributed by atoms with Gasteiger partial charge in [-0.3, -0.25) is 4.79 Å². The zero-order valence-electron chi connectivity index (χ0n) is 15.5. The number of amides is 1. The molecule has 0 radical (unpaired) electrons. The van der Waals surface area contributed by atoms with Crippen LogP contribution in [0.5, 0.6) is 0 Å². The fraction of sp³-hybridized carbons (Fsp3) is 0.0909. The van der Waals surface area contributed by atoms with Crippen LogP contribution in [0.4, 0.5) is 5.69 Å². The molecule has 0 atom stereocenters. The van der Waals surface area contributed by atoms with Gasteiger partial charge in [-0.1, -0.05) is 18.2 Å². The lowest BCUT2D eigenvalue weighted by atomic mass is 10.1. The lowest BCUT2D eigenvalue weighted by Gasteiger charge is -2.12. The molecule has 0 fully saturated rings. The van der Waals surface area contributed by atoms with Crippen molar-refractivity contribution in [2.75, 3.05) is 19.0 Å². The molecule has 0 unspecified atom stereocenters. The van der Waals surface area contributed by atoms with Gasteiger partial charge in [0.05, 0.1) is 0 Å². The number of carboxylic acid groups (broad SMARTS) is 1. The van der Waals surface area contributed by atoms with Gasteiger partial charge in [0.1, 0.15) is 17.2 Å². The predicted octanol–water partition coefficient (Wildman–Crippen LogP) is 3.87. The maximum Gasteiger partial charge on any atom is 0.352 e. The third-order valence-corrected chi connectivity index (χ3v) is 4.10. The van der Waals surface area contributed by atoms with Crippen molar-refractivity contribution in [2.45, 2.75) is 0 Å². The average molecular weight is 376 g/mol. The molecule has 2 aromatic carbocycles. The number of carboxylic acids is 1. The van der Waals surface area contributed by atoms with Crippen LogP contribution in [0.2, 0.25) is 0 Å². The maximum absolute atomic E-state index is 12.2. The molecule has 0 bridgehead atoms. The number of hydrogen-bond donors (Lipinski definition) is 2. The summed E-state index contributed by atoms with van der Waals surface area (Å²) >= 11 is 0. The first-order valence-electron chi connectivity index (χ1n) is 8.63. The van der Waals surface area contributed by atoms with Crippen LogP contribution in [-0.2, 0) is 4.79 Å². The lowest BCUT2D eigenvalue weighted by Crippen LogP contribution is -2.27. The van der Waals surface area contributed by atoms with E-state index in [1.54, 1.807) is 42.5 Å². The van der Waals surface area contributed by atoms with Gasteiger partial charge >= 0.3 is 5.97 Å². The molecular weight excluding hydrogens is 356 g/mol. The Bertz CT molecular complexity index is 1000. The monoisotopic (exact) mass is 376 g/mol. The molecule has 3 rings (SSSR count).